The molecule has 0 fully saturated rings. The molecule has 0 saturated carbocycles. The van der Waals surface area contributed by atoms with Crippen molar-refractivity contribution in [3.63, 3.8) is 0 Å². The van der Waals surface area contributed by atoms with E-state index in [1.807, 2.05) is 0 Å². The first-order valence-electron chi connectivity index (χ1n) is 4.17. The minimum absolute atomic E-state index is 0.335. The van der Waals surface area contributed by atoms with Gasteiger partial charge in [-0.05, 0) is 0 Å². The van der Waals surface area contributed by atoms with Crippen LogP contribution in [0.5, 0.6) is 0 Å². The van der Waals surface area contributed by atoms with Gasteiger partial charge in [0.05, 0.1) is 0 Å². The Morgan fingerprint density at radius 3 is 1.86 bits per heavy atom. The van der Waals surface area contributed by atoms with Gasteiger partial charge in [-0.2, -0.15) is 0 Å². The average Bonchev–Trinajstić information content (AvgIpc) is 2.42. The zero-order valence-corrected chi connectivity index (χ0v) is 9.91. The second kappa shape index (κ2) is 3.31. The van der Waals surface area contributed by atoms with Gasteiger partial charge in [0.2, 0.25) is 0 Å². The Morgan fingerprint density at radius 2 is 1.71 bits per heavy atom. The maximum absolute atomic E-state index is 11.3. The van der Waals surface area contributed by atoms with E-state index in [1.165, 1.54) is 21.3 Å². The minimum atomic E-state index is -3.73. The quantitative estimate of drug-likeness (QED) is 0.537. The molecule has 14 heavy (non-hydrogen) atoms. The molecule has 0 aliphatic carbocycles. The van der Waals surface area contributed by atoms with Crippen LogP contribution in [0.1, 0.15) is 13.8 Å². The molecule has 0 aromatic heterocycles. The number of nitrogens with zero attached hydrogens (tertiary/aromatic N) is 1. The van der Waals surface area contributed by atoms with Crippen LogP contribution in [0.3, 0.4) is 0 Å². The molecule has 6 nitrogen and oxygen atoms in total. The Hall–Kier alpha value is -0.420. The molecule has 1 aliphatic heterocycles. The molecule has 1 aliphatic rings. The zero-order chi connectivity index (χ0) is 11.0. The van der Waals surface area contributed by atoms with Crippen molar-refractivity contribution in [1.82, 2.24) is 0 Å². The van der Waals surface area contributed by atoms with E-state index in [4.69, 9.17) is 18.2 Å². The van der Waals surface area contributed by atoms with Crippen LogP contribution in [0.25, 0.3) is 0 Å². The Morgan fingerprint density at radius 1 is 1.29 bits per heavy atom. The van der Waals surface area contributed by atoms with Gasteiger partial charge in [0.25, 0.3) is 0 Å². The van der Waals surface area contributed by atoms with Crippen molar-refractivity contribution in [2.75, 3.05) is 21.3 Å². The summed E-state index contributed by atoms with van der Waals surface area (Å²) in [5.41, 5.74) is 0.145. The molecule has 84 valence electrons. The van der Waals surface area contributed by atoms with Crippen LogP contribution in [-0.2, 0) is 18.2 Å². The van der Waals surface area contributed by atoms with E-state index in [-0.39, 0.29) is 5.66 Å². The molecule has 0 N–H and O–H groups in total. The fraction of sp³-hybridized carbons (Fsp3) is 0.857. The van der Waals surface area contributed by atoms with Crippen molar-refractivity contribution in [2.24, 2.45) is 0 Å². The molecular formula is C7H16NO5P. The van der Waals surface area contributed by atoms with Crippen LogP contribution in [0.2, 0.25) is 0 Å². The number of rotatable bonds is 3. The Balaban J connectivity index is 3.19. The topological polar surface area (TPSA) is 63.0 Å². The first kappa shape index (κ1) is 11.7. The molecule has 0 radical (unpaired) electrons. The van der Waals surface area contributed by atoms with Crippen LogP contribution in [0, 0.1) is 5.21 Å². The van der Waals surface area contributed by atoms with Crippen LogP contribution in [0.15, 0.2) is 0 Å². The van der Waals surface area contributed by atoms with Gasteiger partial charge >= 0.3 is 82.4 Å². The molecule has 7 heteroatoms. The summed E-state index contributed by atoms with van der Waals surface area (Å²) in [5, 5.41) is 11.3. The van der Waals surface area contributed by atoms with Gasteiger partial charge in [-0.1, -0.05) is 0 Å². The summed E-state index contributed by atoms with van der Waals surface area (Å²) in [5.74, 6) is 0. The molecule has 0 spiro atoms. The van der Waals surface area contributed by atoms with Crippen LogP contribution in [0.4, 0.5) is 0 Å². The van der Waals surface area contributed by atoms with Crippen LogP contribution in [-0.4, -0.2) is 37.6 Å². The van der Waals surface area contributed by atoms with E-state index in [0.29, 0.717) is 10.6 Å². The predicted octanol–water partition coefficient (Wildman–Crippen LogP) is 1.44. The summed E-state index contributed by atoms with van der Waals surface area (Å²) in [7, 11) is 0.499. The van der Waals surface area contributed by atoms with Crippen LogP contribution >= 0.6 is 7.51 Å². The molecule has 0 amide bonds. The summed E-state index contributed by atoms with van der Waals surface area (Å²) in [6.45, 7) is 3.44. The third-order valence-electron chi connectivity index (χ3n) is 2.73. The van der Waals surface area contributed by atoms with E-state index < -0.39 is 7.51 Å². The average molecular weight is 225 g/mol. The fourth-order valence-corrected chi connectivity index (χ4v) is 4.36. The number of hydrogen-bond donors (Lipinski definition) is 0. The molecule has 1 rings (SSSR count). The van der Waals surface area contributed by atoms with Crippen molar-refractivity contribution in [3.8, 4) is 0 Å². The molecule has 0 saturated heterocycles. The van der Waals surface area contributed by atoms with Crippen molar-refractivity contribution >= 4 is 13.2 Å². The Labute approximate surface area is 83.2 Å². The van der Waals surface area contributed by atoms with Gasteiger partial charge in [-0.25, -0.2) is 0 Å². The molecule has 0 bridgehead atoms. The summed E-state index contributed by atoms with van der Waals surface area (Å²) < 4.78 is 20.8. The first-order valence-corrected chi connectivity index (χ1v) is 6.15. The van der Waals surface area contributed by atoms with Gasteiger partial charge in [-0.15, -0.1) is 0 Å². The van der Waals surface area contributed by atoms with Crippen molar-refractivity contribution in [2.45, 2.75) is 19.5 Å². The van der Waals surface area contributed by atoms with Crippen LogP contribution < -0.4 is 0 Å². The summed E-state index contributed by atoms with van der Waals surface area (Å²) in [4.78, 5) is 0.402. The van der Waals surface area contributed by atoms with E-state index >= 15 is 0 Å². The van der Waals surface area contributed by atoms with Gasteiger partial charge in [-0.3, -0.25) is 0 Å². The van der Waals surface area contributed by atoms with E-state index in [0.717, 1.165) is 0 Å². The monoisotopic (exact) mass is 225 g/mol. The van der Waals surface area contributed by atoms with Crippen molar-refractivity contribution < 1.29 is 23.1 Å². The fourth-order valence-electron chi connectivity index (χ4n) is 1.52. The molecule has 0 aromatic carbocycles. The van der Waals surface area contributed by atoms with Gasteiger partial charge in [0.15, 0.2) is 0 Å². The molecule has 1 atom stereocenters. The molecule has 1 unspecified atom stereocenters. The van der Waals surface area contributed by atoms with E-state index in [1.54, 1.807) is 13.8 Å². The van der Waals surface area contributed by atoms with Gasteiger partial charge in [0.1, 0.15) is 0 Å². The maximum atomic E-state index is 11.3. The standard InChI is InChI=1S/C7H16NO5P/c1-6-7(2)14(10-3,11-4,12-5)13-8(6)9/h7H,1-5H3. The third kappa shape index (κ3) is 1.15. The van der Waals surface area contributed by atoms with E-state index in [9.17, 15) is 5.21 Å². The normalized spacial score (nSPS) is 32.1. The Bertz CT molecular complexity index is 264. The van der Waals surface area contributed by atoms with E-state index in [2.05, 4.69) is 0 Å². The zero-order valence-electron chi connectivity index (χ0n) is 9.01. The van der Waals surface area contributed by atoms with Gasteiger partial charge in [0, 0.05) is 0 Å². The van der Waals surface area contributed by atoms with Crippen molar-refractivity contribution in [3.05, 3.63) is 5.21 Å². The summed E-state index contributed by atoms with van der Waals surface area (Å²) in [6.07, 6.45) is 0. The second-order valence-corrected chi connectivity index (χ2v) is 6.84. The SMILES string of the molecule is COP1(OC)(OC)O[N+]([O-])=C(C)C1C. The summed E-state index contributed by atoms with van der Waals surface area (Å²) in [6, 6.07) is 0. The molecule has 1 heterocycles. The first-order chi connectivity index (χ1) is 6.45. The Kier molecular flexibility index (Phi) is 2.75. The molecule has 0 aromatic rings. The number of hydrogen-bond acceptors (Lipinski definition) is 5. The molecular weight excluding hydrogens is 209 g/mol. The van der Waals surface area contributed by atoms with Gasteiger partial charge < -0.3 is 0 Å². The van der Waals surface area contributed by atoms with Crippen molar-refractivity contribution in [1.29, 1.82) is 0 Å². The third-order valence-corrected chi connectivity index (χ3v) is 6.79. The summed E-state index contributed by atoms with van der Waals surface area (Å²) >= 11 is 0. The second-order valence-electron chi connectivity index (χ2n) is 3.07. The predicted molar refractivity (Wildman–Crippen MR) is 52.8 cm³/mol.